The van der Waals surface area contributed by atoms with Crippen LogP contribution in [-0.2, 0) is 13.0 Å². The minimum absolute atomic E-state index is 0.196. The number of aromatic nitrogens is 4. The molecule has 1 unspecified atom stereocenters. The van der Waals surface area contributed by atoms with E-state index in [1.807, 2.05) is 18.2 Å². The first-order valence-electron chi connectivity index (χ1n) is 6.05. The first-order chi connectivity index (χ1) is 8.88. The van der Waals surface area contributed by atoms with Gasteiger partial charge in [0.2, 0.25) is 0 Å². The van der Waals surface area contributed by atoms with Gasteiger partial charge in [0.15, 0.2) is 5.82 Å². The fourth-order valence-electron chi connectivity index (χ4n) is 2.28. The third kappa shape index (κ3) is 1.95. The van der Waals surface area contributed by atoms with Crippen molar-refractivity contribution < 1.29 is 4.74 Å². The van der Waals surface area contributed by atoms with E-state index in [1.54, 1.807) is 4.68 Å². The number of nitrogens with two attached hydrogens (primary N) is 1. The smallest absolute Gasteiger partial charge is 0.158 e. The van der Waals surface area contributed by atoms with Crippen molar-refractivity contribution >= 4 is 0 Å². The van der Waals surface area contributed by atoms with E-state index in [9.17, 15) is 0 Å². The van der Waals surface area contributed by atoms with E-state index in [-0.39, 0.29) is 5.92 Å². The van der Waals surface area contributed by atoms with Crippen LogP contribution in [0.15, 0.2) is 24.3 Å². The maximum absolute atomic E-state index is 5.75. The molecule has 0 radical (unpaired) electrons. The lowest BCUT2D eigenvalue weighted by molar-refractivity contribution is 0.253. The number of hydrogen-bond acceptors (Lipinski definition) is 5. The summed E-state index contributed by atoms with van der Waals surface area (Å²) >= 11 is 0. The quantitative estimate of drug-likeness (QED) is 0.844. The van der Waals surface area contributed by atoms with E-state index in [4.69, 9.17) is 10.5 Å². The van der Waals surface area contributed by atoms with E-state index in [2.05, 4.69) is 21.6 Å². The highest BCUT2D eigenvalue weighted by molar-refractivity contribution is 5.36. The van der Waals surface area contributed by atoms with E-state index in [0.29, 0.717) is 19.7 Å². The van der Waals surface area contributed by atoms with Crippen LogP contribution in [0.5, 0.6) is 5.75 Å². The highest BCUT2D eigenvalue weighted by Crippen LogP contribution is 2.30. The van der Waals surface area contributed by atoms with Gasteiger partial charge in [0.25, 0.3) is 0 Å². The van der Waals surface area contributed by atoms with Gasteiger partial charge in [-0.25, -0.2) is 4.68 Å². The second-order valence-electron chi connectivity index (χ2n) is 4.37. The number of hydrogen-bond donors (Lipinski definition) is 1. The molecule has 2 N–H and O–H groups in total. The molecule has 0 amide bonds. The summed E-state index contributed by atoms with van der Waals surface area (Å²) in [5.41, 5.74) is 6.75. The van der Waals surface area contributed by atoms with Crippen LogP contribution in [-0.4, -0.2) is 33.4 Å². The van der Waals surface area contributed by atoms with Gasteiger partial charge < -0.3 is 10.5 Å². The van der Waals surface area contributed by atoms with Crippen molar-refractivity contribution in [2.24, 2.45) is 5.73 Å². The Hall–Kier alpha value is -1.95. The van der Waals surface area contributed by atoms with Crippen molar-refractivity contribution in [3.63, 3.8) is 0 Å². The average molecular weight is 245 g/mol. The second kappa shape index (κ2) is 4.73. The largest absolute Gasteiger partial charge is 0.493 e. The minimum Gasteiger partial charge on any atom is -0.493 e. The molecule has 0 saturated heterocycles. The Labute approximate surface area is 105 Å². The molecule has 94 valence electrons. The molecule has 1 aliphatic heterocycles. The van der Waals surface area contributed by atoms with Gasteiger partial charge in [-0.2, -0.15) is 0 Å². The first kappa shape index (κ1) is 11.2. The number of rotatable bonds is 3. The van der Waals surface area contributed by atoms with Crippen LogP contribution in [0.4, 0.5) is 0 Å². The van der Waals surface area contributed by atoms with Crippen molar-refractivity contribution in [2.45, 2.75) is 18.9 Å². The van der Waals surface area contributed by atoms with Gasteiger partial charge in [0, 0.05) is 6.54 Å². The fourth-order valence-corrected chi connectivity index (χ4v) is 2.28. The highest BCUT2D eigenvalue weighted by Gasteiger charge is 2.25. The molecule has 0 spiro atoms. The van der Waals surface area contributed by atoms with E-state index in [1.165, 1.54) is 5.56 Å². The molecule has 2 aromatic rings. The summed E-state index contributed by atoms with van der Waals surface area (Å²) in [5.74, 6) is 2.02. The van der Waals surface area contributed by atoms with Gasteiger partial charge in [-0.1, -0.05) is 18.2 Å². The number of para-hydroxylation sites is 1. The molecular weight excluding hydrogens is 230 g/mol. The van der Waals surface area contributed by atoms with Crippen molar-refractivity contribution in [1.82, 2.24) is 20.2 Å². The van der Waals surface area contributed by atoms with Gasteiger partial charge >= 0.3 is 0 Å². The minimum atomic E-state index is 0.196. The molecule has 6 nitrogen and oxygen atoms in total. The maximum Gasteiger partial charge on any atom is 0.158 e. The molecule has 0 bridgehead atoms. The summed E-state index contributed by atoms with van der Waals surface area (Å²) in [6.45, 7) is 1.78. The van der Waals surface area contributed by atoms with Gasteiger partial charge in [-0.05, 0) is 28.5 Å². The topological polar surface area (TPSA) is 78.9 Å². The predicted molar refractivity (Wildman–Crippen MR) is 65.3 cm³/mol. The standard InChI is InChI=1S/C12H15N5O/c13-5-6-17-12(14-15-16-17)10-7-9-3-1-2-4-11(9)18-8-10/h1-4,10H,5-8,13H2. The van der Waals surface area contributed by atoms with Crippen LogP contribution in [0.1, 0.15) is 17.3 Å². The zero-order valence-corrected chi connectivity index (χ0v) is 9.99. The summed E-state index contributed by atoms with van der Waals surface area (Å²) in [7, 11) is 0. The molecule has 1 aromatic carbocycles. The number of fused-ring (bicyclic) bond motifs is 1. The lowest BCUT2D eigenvalue weighted by atomic mass is 9.96. The molecule has 6 heteroatoms. The third-order valence-electron chi connectivity index (χ3n) is 3.14. The first-order valence-corrected chi connectivity index (χ1v) is 6.05. The summed E-state index contributed by atoms with van der Waals surface area (Å²) in [6.07, 6.45) is 0.904. The van der Waals surface area contributed by atoms with Crippen LogP contribution in [0.3, 0.4) is 0 Å². The molecule has 1 aromatic heterocycles. The molecule has 0 fully saturated rings. The summed E-state index contributed by atoms with van der Waals surface area (Å²) < 4.78 is 7.52. The lowest BCUT2D eigenvalue weighted by Crippen LogP contribution is -2.24. The zero-order chi connectivity index (χ0) is 12.4. The predicted octanol–water partition coefficient (Wildman–Crippen LogP) is 0.350. The van der Waals surface area contributed by atoms with Crippen molar-refractivity contribution in [1.29, 1.82) is 0 Å². The SMILES string of the molecule is NCCn1nnnc1C1COc2ccccc2C1. The van der Waals surface area contributed by atoms with Crippen molar-refractivity contribution in [3.05, 3.63) is 35.7 Å². The number of tetrazole rings is 1. The summed E-state index contributed by atoms with van der Waals surface area (Å²) in [4.78, 5) is 0. The zero-order valence-electron chi connectivity index (χ0n) is 9.99. The molecule has 0 saturated carbocycles. The van der Waals surface area contributed by atoms with E-state index >= 15 is 0 Å². The van der Waals surface area contributed by atoms with E-state index < -0.39 is 0 Å². The lowest BCUT2D eigenvalue weighted by Gasteiger charge is -2.24. The molecule has 3 rings (SSSR count). The van der Waals surface area contributed by atoms with Crippen LogP contribution in [0.2, 0.25) is 0 Å². The van der Waals surface area contributed by atoms with Crippen LogP contribution in [0, 0.1) is 0 Å². The Bertz CT molecular complexity index is 539. The van der Waals surface area contributed by atoms with E-state index in [0.717, 1.165) is 18.0 Å². The summed E-state index contributed by atoms with van der Waals surface area (Å²) in [5, 5.41) is 11.8. The number of benzene rings is 1. The van der Waals surface area contributed by atoms with Crippen molar-refractivity contribution in [3.8, 4) is 5.75 Å². The fraction of sp³-hybridized carbons (Fsp3) is 0.417. The molecule has 1 atom stereocenters. The summed E-state index contributed by atoms with van der Waals surface area (Å²) in [6, 6.07) is 8.08. The molecule has 2 heterocycles. The third-order valence-corrected chi connectivity index (χ3v) is 3.14. The van der Waals surface area contributed by atoms with Crippen LogP contribution < -0.4 is 10.5 Å². The molecule has 18 heavy (non-hydrogen) atoms. The van der Waals surface area contributed by atoms with Crippen LogP contribution >= 0.6 is 0 Å². The molecule has 0 aliphatic carbocycles. The monoisotopic (exact) mass is 245 g/mol. The maximum atomic E-state index is 5.75. The normalized spacial score (nSPS) is 18.2. The van der Waals surface area contributed by atoms with Gasteiger partial charge in [-0.15, -0.1) is 5.10 Å². The van der Waals surface area contributed by atoms with Crippen molar-refractivity contribution in [2.75, 3.05) is 13.2 Å². The van der Waals surface area contributed by atoms with Gasteiger partial charge in [0.1, 0.15) is 5.75 Å². The molecular formula is C12H15N5O. The number of nitrogens with zero attached hydrogens (tertiary/aromatic N) is 4. The number of ether oxygens (including phenoxy) is 1. The Morgan fingerprint density at radius 2 is 2.28 bits per heavy atom. The average Bonchev–Trinajstić information content (AvgIpc) is 2.87. The second-order valence-corrected chi connectivity index (χ2v) is 4.37. The van der Waals surface area contributed by atoms with Gasteiger partial charge in [0.05, 0.1) is 19.1 Å². The van der Waals surface area contributed by atoms with Gasteiger partial charge in [-0.3, -0.25) is 0 Å². The van der Waals surface area contributed by atoms with Crippen LogP contribution in [0.25, 0.3) is 0 Å². The Morgan fingerprint density at radius 3 is 3.17 bits per heavy atom. The highest BCUT2D eigenvalue weighted by atomic mass is 16.5. The Kier molecular flexibility index (Phi) is 2.93. The Balaban J connectivity index is 1.85. The molecule has 1 aliphatic rings. The Morgan fingerprint density at radius 1 is 1.39 bits per heavy atom.